The lowest BCUT2D eigenvalue weighted by atomic mass is 10.1. The van der Waals surface area contributed by atoms with Crippen molar-refractivity contribution in [1.82, 2.24) is 14.8 Å². The van der Waals surface area contributed by atoms with Gasteiger partial charge in [-0.3, -0.25) is 4.79 Å². The number of piperidine rings is 1. The number of rotatable bonds is 5. The Kier molecular flexibility index (Phi) is 4.99. The van der Waals surface area contributed by atoms with Gasteiger partial charge in [0.05, 0.1) is 23.4 Å². The van der Waals surface area contributed by atoms with Crippen molar-refractivity contribution < 1.29 is 18.7 Å². The number of thiophene rings is 1. The molecule has 7 nitrogen and oxygen atoms in total. The first-order chi connectivity index (χ1) is 16.5. The van der Waals surface area contributed by atoms with Crippen molar-refractivity contribution in [2.45, 2.75) is 19.4 Å². The van der Waals surface area contributed by atoms with Crippen LogP contribution in [0, 0.1) is 18.8 Å². The number of aryl methyl sites for hydroxylation is 2. The average Bonchev–Trinajstić information content (AvgIpc) is 3.23. The lowest BCUT2D eigenvalue weighted by molar-refractivity contribution is 0.0705. The zero-order valence-electron chi connectivity index (χ0n) is 19.0. The minimum Gasteiger partial charge on any atom is -0.463 e. The third-order valence-corrected chi connectivity index (χ3v) is 8.01. The zero-order valence-corrected chi connectivity index (χ0v) is 19.8. The molecule has 1 aromatic carbocycles. The number of nitrogens with one attached hydrogen (secondary N) is 1. The second-order valence-electron chi connectivity index (χ2n) is 9.20. The highest BCUT2D eigenvalue weighted by Gasteiger charge is 2.54. The van der Waals surface area contributed by atoms with Crippen LogP contribution in [0.25, 0.3) is 21.5 Å². The SMILES string of the molecule is Cc1ccc(-c2sccc2C(=O)N2C[C@@H]3C[C@@H]3[C@H]2CNC(=O)Oc2cc3occc3n2C)cc1. The van der Waals surface area contributed by atoms with Gasteiger partial charge in [0.15, 0.2) is 5.58 Å². The van der Waals surface area contributed by atoms with Crippen LogP contribution < -0.4 is 10.1 Å². The van der Waals surface area contributed by atoms with Gasteiger partial charge in [-0.15, -0.1) is 11.3 Å². The largest absolute Gasteiger partial charge is 0.463 e. The summed E-state index contributed by atoms with van der Waals surface area (Å²) in [4.78, 5) is 29.0. The molecular weight excluding hydrogens is 450 g/mol. The smallest absolute Gasteiger partial charge is 0.413 e. The second kappa shape index (κ2) is 8.06. The Hall–Kier alpha value is -3.52. The number of carbonyl (C=O) groups is 2. The summed E-state index contributed by atoms with van der Waals surface area (Å²) >= 11 is 1.58. The van der Waals surface area contributed by atoms with Crippen LogP contribution in [-0.4, -0.2) is 40.6 Å². The van der Waals surface area contributed by atoms with Crippen molar-refractivity contribution in [3.8, 4) is 16.3 Å². The van der Waals surface area contributed by atoms with E-state index in [1.165, 1.54) is 5.56 Å². The van der Waals surface area contributed by atoms with Crippen LogP contribution in [0.2, 0.25) is 0 Å². The molecule has 8 heteroatoms. The predicted molar refractivity (Wildman–Crippen MR) is 130 cm³/mol. The fourth-order valence-electron chi connectivity index (χ4n) is 5.07. The summed E-state index contributed by atoms with van der Waals surface area (Å²) in [7, 11) is 1.82. The lowest BCUT2D eigenvalue weighted by Gasteiger charge is -2.28. The Morgan fingerprint density at radius 2 is 2.03 bits per heavy atom. The van der Waals surface area contributed by atoms with E-state index in [4.69, 9.17) is 9.15 Å². The van der Waals surface area contributed by atoms with Gasteiger partial charge in [-0.05, 0) is 42.2 Å². The maximum absolute atomic E-state index is 13.6. The van der Waals surface area contributed by atoms with E-state index in [0.29, 0.717) is 29.8 Å². The number of carbonyl (C=O) groups excluding carboxylic acids is 2. The second-order valence-corrected chi connectivity index (χ2v) is 10.1. The van der Waals surface area contributed by atoms with E-state index in [2.05, 4.69) is 36.5 Å². The maximum Gasteiger partial charge on any atom is 0.413 e. The first-order valence-electron chi connectivity index (χ1n) is 11.4. The molecule has 3 atom stereocenters. The van der Waals surface area contributed by atoms with Crippen molar-refractivity contribution in [1.29, 1.82) is 0 Å². The molecule has 0 bridgehead atoms. The summed E-state index contributed by atoms with van der Waals surface area (Å²) in [6, 6.07) is 13.7. The number of likely N-dealkylation sites (tertiary alicyclic amines) is 1. The Bertz CT molecular complexity index is 1380. The summed E-state index contributed by atoms with van der Waals surface area (Å²) in [6.07, 6.45) is 2.17. The number of aromatic nitrogens is 1. The Labute approximate surface area is 200 Å². The summed E-state index contributed by atoms with van der Waals surface area (Å²) in [5.74, 6) is 1.40. The number of hydrogen-bond acceptors (Lipinski definition) is 5. The van der Waals surface area contributed by atoms with E-state index in [1.54, 1.807) is 28.2 Å². The van der Waals surface area contributed by atoms with Crippen molar-refractivity contribution in [3.63, 3.8) is 0 Å². The molecule has 0 radical (unpaired) electrons. The summed E-state index contributed by atoms with van der Waals surface area (Å²) in [6.45, 7) is 3.16. The molecule has 1 N–H and O–H groups in total. The van der Waals surface area contributed by atoms with Crippen LogP contribution in [0.15, 0.2) is 58.5 Å². The molecule has 1 aliphatic carbocycles. The molecule has 2 amide bonds. The predicted octanol–water partition coefficient (Wildman–Crippen LogP) is 5.06. The van der Waals surface area contributed by atoms with Gasteiger partial charge in [-0.2, -0.15) is 0 Å². The van der Waals surface area contributed by atoms with E-state index in [1.807, 2.05) is 29.5 Å². The number of ether oxygens (including phenoxy) is 1. The summed E-state index contributed by atoms with van der Waals surface area (Å²) < 4.78 is 12.6. The van der Waals surface area contributed by atoms with Crippen molar-refractivity contribution in [2.75, 3.05) is 13.1 Å². The molecule has 4 heterocycles. The molecule has 174 valence electrons. The average molecular weight is 476 g/mol. The third-order valence-electron chi connectivity index (χ3n) is 7.05. The first kappa shape index (κ1) is 21.0. The van der Waals surface area contributed by atoms with E-state index in [9.17, 15) is 9.59 Å². The molecule has 4 aromatic rings. The first-order valence-corrected chi connectivity index (χ1v) is 12.3. The lowest BCUT2D eigenvalue weighted by Crippen LogP contribution is -2.46. The number of amides is 2. The molecule has 1 saturated heterocycles. The summed E-state index contributed by atoms with van der Waals surface area (Å²) in [5.41, 5.74) is 4.50. The topological polar surface area (TPSA) is 76.7 Å². The molecule has 1 aliphatic heterocycles. The van der Waals surface area contributed by atoms with Gasteiger partial charge in [-0.25, -0.2) is 4.79 Å². The molecule has 34 heavy (non-hydrogen) atoms. The number of nitrogens with zero attached hydrogens (tertiary/aromatic N) is 2. The normalized spacial score (nSPS) is 21.0. The summed E-state index contributed by atoms with van der Waals surface area (Å²) in [5, 5.41) is 4.85. The minimum atomic E-state index is -0.532. The van der Waals surface area contributed by atoms with Crippen LogP contribution >= 0.6 is 11.3 Å². The molecule has 3 aromatic heterocycles. The highest BCUT2D eigenvalue weighted by molar-refractivity contribution is 7.14. The monoisotopic (exact) mass is 475 g/mol. The molecule has 1 saturated carbocycles. The van der Waals surface area contributed by atoms with Gasteiger partial charge in [0.2, 0.25) is 5.88 Å². The molecule has 6 rings (SSSR count). The van der Waals surface area contributed by atoms with Gasteiger partial charge in [0.1, 0.15) is 0 Å². The molecular formula is C26H25N3O4S. The van der Waals surface area contributed by atoms with Gasteiger partial charge >= 0.3 is 6.09 Å². The zero-order chi connectivity index (χ0) is 23.4. The van der Waals surface area contributed by atoms with Crippen LogP contribution in [0.1, 0.15) is 22.3 Å². The Morgan fingerprint density at radius 1 is 1.21 bits per heavy atom. The van der Waals surface area contributed by atoms with Crippen LogP contribution in [-0.2, 0) is 7.05 Å². The van der Waals surface area contributed by atoms with Crippen molar-refractivity contribution in [2.24, 2.45) is 18.9 Å². The van der Waals surface area contributed by atoms with E-state index >= 15 is 0 Å². The number of furan rings is 1. The quantitative estimate of drug-likeness (QED) is 0.438. The van der Waals surface area contributed by atoms with Gasteiger partial charge in [0, 0.05) is 37.1 Å². The Balaban J connectivity index is 1.15. The highest BCUT2D eigenvalue weighted by atomic mass is 32.1. The van der Waals surface area contributed by atoms with Gasteiger partial charge < -0.3 is 23.9 Å². The molecule has 0 unspecified atom stereocenters. The fraction of sp³-hybridized carbons (Fsp3) is 0.308. The Morgan fingerprint density at radius 3 is 2.82 bits per heavy atom. The van der Waals surface area contributed by atoms with Crippen LogP contribution in [0.5, 0.6) is 5.88 Å². The van der Waals surface area contributed by atoms with E-state index in [-0.39, 0.29) is 11.9 Å². The van der Waals surface area contributed by atoms with E-state index in [0.717, 1.165) is 34.5 Å². The number of hydrogen-bond donors (Lipinski definition) is 1. The van der Waals surface area contributed by atoms with Crippen molar-refractivity contribution in [3.05, 3.63) is 65.2 Å². The fourth-order valence-corrected chi connectivity index (χ4v) is 5.97. The van der Waals surface area contributed by atoms with Crippen LogP contribution in [0.4, 0.5) is 4.79 Å². The van der Waals surface area contributed by atoms with Gasteiger partial charge in [0.25, 0.3) is 5.91 Å². The molecule has 2 fully saturated rings. The van der Waals surface area contributed by atoms with Gasteiger partial charge in [-0.1, -0.05) is 29.8 Å². The van der Waals surface area contributed by atoms with E-state index < -0.39 is 6.09 Å². The minimum absolute atomic E-state index is 0.0273. The molecule has 0 spiro atoms. The number of benzene rings is 1. The highest BCUT2D eigenvalue weighted by Crippen LogP contribution is 2.50. The standard InChI is InChI=1S/C26H25N3O4S/c1-15-3-5-16(6-4-15)24-18(8-10-34-24)25(30)29-14-17-11-19(17)21(29)13-27-26(31)33-23-12-22-20(28(23)2)7-9-32-22/h3-10,12,17,19,21H,11,13-14H2,1-2H3,(H,27,31)/t17-,19-,21+/m0/s1. The third kappa shape index (κ3) is 3.58. The number of fused-ring (bicyclic) bond motifs is 2. The molecule has 2 aliphatic rings. The maximum atomic E-state index is 13.6. The van der Waals surface area contributed by atoms with Crippen molar-refractivity contribution >= 4 is 34.4 Å². The van der Waals surface area contributed by atoms with Crippen LogP contribution in [0.3, 0.4) is 0 Å².